The maximum Gasteiger partial charge on any atom is 0.266 e. The van der Waals surface area contributed by atoms with Gasteiger partial charge in [-0.3, -0.25) is 14.0 Å². The van der Waals surface area contributed by atoms with E-state index in [4.69, 9.17) is 4.74 Å². The molecule has 7 heteroatoms. The Hall–Kier alpha value is -2.25. The molecule has 0 bridgehead atoms. The van der Waals surface area contributed by atoms with Gasteiger partial charge in [0.2, 0.25) is 0 Å². The predicted molar refractivity (Wildman–Crippen MR) is 116 cm³/mol. The van der Waals surface area contributed by atoms with Crippen molar-refractivity contribution in [1.82, 2.24) is 14.3 Å². The number of nitrogens with zero attached hydrogens (tertiary/aromatic N) is 3. The minimum atomic E-state index is -0.620. The highest BCUT2D eigenvalue weighted by Crippen LogP contribution is 2.37. The number of pyridine rings is 1. The second kappa shape index (κ2) is 7.54. The Labute approximate surface area is 174 Å². The van der Waals surface area contributed by atoms with Gasteiger partial charge in [-0.25, -0.2) is 4.98 Å². The zero-order valence-electron chi connectivity index (χ0n) is 17.3. The maximum atomic E-state index is 13.6. The molecule has 0 aromatic carbocycles. The van der Waals surface area contributed by atoms with Crippen molar-refractivity contribution in [3.05, 3.63) is 45.7 Å². The SMILES string of the molecule is CCC1COC(C)(CCC(C)C)N1C(=O)c1cc2c(=O)n3ccccc3nc2s1. The lowest BCUT2D eigenvalue weighted by Gasteiger charge is -2.36. The Bertz CT molecular complexity index is 1120. The van der Waals surface area contributed by atoms with Gasteiger partial charge in [0.05, 0.1) is 22.9 Å². The third-order valence-electron chi connectivity index (χ3n) is 5.76. The van der Waals surface area contributed by atoms with Crippen LogP contribution in [0.5, 0.6) is 0 Å². The fourth-order valence-electron chi connectivity index (χ4n) is 4.01. The van der Waals surface area contributed by atoms with Crippen molar-refractivity contribution in [3.63, 3.8) is 0 Å². The molecule has 0 aliphatic carbocycles. The molecule has 0 spiro atoms. The highest BCUT2D eigenvalue weighted by Gasteiger charge is 2.46. The first-order valence-corrected chi connectivity index (χ1v) is 11.0. The summed E-state index contributed by atoms with van der Waals surface area (Å²) in [6.07, 6.45) is 4.31. The first-order valence-electron chi connectivity index (χ1n) is 10.2. The van der Waals surface area contributed by atoms with Crippen LogP contribution in [0.3, 0.4) is 0 Å². The summed E-state index contributed by atoms with van der Waals surface area (Å²) in [5, 5.41) is 0.485. The van der Waals surface area contributed by atoms with Crippen LogP contribution in [-0.2, 0) is 4.74 Å². The van der Waals surface area contributed by atoms with Crippen LogP contribution in [0.1, 0.15) is 56.6 Å². The molecule has 3 aromatic heterocycles. The molecule has 6 nitrogen and oxygen atoms in total. The van der Waals surface area contributed by atoms with Crippen molar-refractivity contribution in [2.24, 2.45) is 5.92 Å². The molecule has 1 saturated heterocycles. The molecular formula is C22H27N3O3S. The van der Waals surface area contributed by atoms with Crippen molar-refractivity contribution in [2.45, 2.75) is 58.7 Å². The molecule has 1 amide bonds. The first-order chi connectivity index (χ1) is 13.8. The molecule has 154 valence electrons. The molecule has 0 N–H and O–H groups in total. The molecule has 1 aliphatic rings. The Morgan fingerprint density at radius 2 is 2.21 bits per heavy atom. The summed E-state index contributed by atoms with van der Waals surface area (Å²) in [6.45, 7) is 8.99. The summed E-state index contributed by atoms with van der Waals surface area (Å²) >= 11 is 1.29. The fourth-order valence-corrected chi connectivity index (χ4v) is 4.97. The lowest BCUT2D eigenvalue weighted by Crippen LogP contribution is -2.49. The number of carbonyl (C=O) groups excluding carboxylic acids is 1. The molecular weight excluding hydrogens is 386 g/mol. The Morgan fingerprint density at radius 3 is 2.93 bits per heavy atom. The average molecular weight is 414 g/mol. The van der Waals surface area contributed by atoms with Crippen LogP contribution in [0, 0.1) is 5.92 Å². The average Bonchev–Trinajstić information content (AvgIpc) is 3.28. The van der Waals surface area contributed by atoms with E-state index >= 15 is 0 Å². The second-order valence-corrected chi connectivity index (χ2v) is 9.36. The van der Waals surface area contributed by atoms with Crippen LogP contribution in [0.4, 0.5) is 0 Å². The van der Waals surface area contributed by atoms with Gasteiger partial charge in [0.15, 0.2) is 0 Å². The minimum Gasteiger partial charge on any atom is -0.354 e. The van der Waals surface area contributed by atoms with E-state index in [-0.39, 0.29) is 17.5 Å². The van der Waals surface area contributed by atoms with Crippen LogP contribution in [0.25, 0.3) is 15.9 Å². The highest BCUT2D eigenvalue weighted by atomic mass is 32.1. The van der Waals surface area contributed by atoms with E-state index in [0.29, 0.717) is 33.3 Å². The Kier molecular flexibility index (Phi) is 5.21. The second-order valence-electron chi connectivity index (χ2n) is 8.33. The molecule has 1 aliphatic heterocycles. The molecule has 0 saturated carbocycles. The number of ether oxygens (including phenoxy) is 1. The van der Waals surface area contributed by atoms with Gasteiger partial charge in [-0.2, -0.15) is 0 Å². The molecule has 2 atom stereocenters. The van der Waals surface area contributed by atoms with Crippen molar-refractivity contribution >= 4 is 33.1 Å². The summed E-state index contributed by atoms with van der Waals surface area (Å²) in [6, 6.07) is 7.18. The summed E-state index contributed by atoms with van der Waals surface area (Å²) in [7, 11) is 0. The lowest BCUT2D eigenvalue weighted by atomic mass is 9.99. The maximum absolute atomic E-state index is 13.6. The number of rotatable bonds is 5. The number of fused-ring (bicyclic) bond motifs is 2. The van der Waals surface area contributed by atoms with Crippen molar-refractivity contribution < 1.29 is 9.53 Å². The summed E-state index contributed by atoms with van der Waals surface area (Å²) in [4.78, 5) is 34.0. The van der Waals surface area contributed by atoms with Crippen molar-refractivity contribution in [2.75, 3.05) is 6.61 Å². The van der Waals surface area contributed by atoms with Gasteiger partial charge in [-0.15, -0.1) is 11.3 Å². The van der Waals surface area contributed by atoms with Gasteiger partial charge in [0.25, 0.3) is 11.5 Å². The van der Waals surface area contributed by atoms with Gasteiger partial charge in [0.1, 0.15) is 16.2 Å². The Morgan fingerprint density at radius 1 is 1.41 bits per heavy atom. The minimum absolute atomic E-state index is 0.0398. The largest absolute Gasteiger partial charge is 0.354 e. The molecule has 29 heavy (non-hydrogen) atoms. The van der Waals surface area contributed by atoms with Gasteiger partial charge < -0.3 is 9.64 Å². The number of amides is 1. The van der Waals surface area contributed by atoms with Crippen LogP contribution >= 0.6 is 11.3 Å². The lowest BCUT2D eigenvalue weighted by molar-refractivity contribution is -0.0639. The summed E-state index contributed by atoms with van der Waals surface area (Å²) < 4.78 is 7.66. The van der Waals surface area contributed by atoms with Gasteiger partial charge in [0, 0.05) is 6.20 Å². The number of thiophene rings is 1. The zero-order chi connectivity index (χ0) is 20.8. The van der Waals surface area contributed by atoms with Crippen molar-refractivity contribution in [1.29, 1.82) is 0 Å². The van der Waals surface area contributed by atoms with Crippen LogP contribution in [-0.4, -0.2) is 38.6 Å². The number of hydrogen-bond donors (Lipinski definition) is 0. The number of aromatic nitrogens is 2. The fraction of sp³-hybridized carbons (Fsp3) is 0.500. The van der Waals surface area contributed by atoms with Crippen molar-refractivity contribution in [3.8, 4) is 0 Å². The third kappa shape index (κ3) is 3.46. The number of carbonyl (C=O) groups is 1. The quantitative estimate of drug-likeness (QED) is 0.625. The van der Waals surface area contributed by atoms with E-state index < -0.39 is 5.72 Å². The smallest absolute Gasteiger partial charge is 0.266 e. The van der Waals surface area contributed by atoms with Crippen LogP contribution < -0.4 is 5.56 Å². The van der Waals surface area contributed by atoms with E-state index in [0.717, 1.165) is 19.3 Å². The monoisotopic (exact) mass is 413 g/mol. The highest BCUT2D eigenvalue weighted by molar-refractivity contribution is 7.20. The van der Waals surface area contributed by atoms with E-state index in [2.05, 4.69) is 25.8 Å². The summed E-state index contributed by atoms with van der Waals surface area (Å²) in [5.41, 5.74) is -0.178. The van der Waals surface area contributed by atoms with E-state index in [1.807, 2.05) is 17.9 Å². The zero-order valence-corrected chi connectivity index (χ0v) is 18.2. The predicted octanol–water partition coefficient (Wildman–Crippen LogP) is 4.31. The van der Waals surface area contributed by atoms with Crippen LogP contribution in [0.15, 0.2) is 35.3 Å². The van der Waals surface area contributed by atoms with E-state index in [1.165, 1.54) is 15.7 Å². The molecule has 4 heterocycles. The van der Waals surface area contributed by atoms with Gasteiger partial charge >= 0.3 is 0 Å². The summed E-state index contributed by atoms with van der Waals surface area (Å²) in [5.74, 6) is 0.464. The third-order valence-corrected chi connectivity index (χ3v) is 6.78. The molecule has 3 aromatic rings. The normalized spacial score (nSPS) is 22.2. The standard InChI is InChI=1S/C22H27N3O3S/c1-5-15-13-28-22(4,10-9-14(2)3)25(15)21(27)17-12-16-19(29-17)23-18-8-6-7-11-24(18)20(16)26/h6-8,11-12,14-15H,5,9-10,13H2,1-4H3. The molecule has 1 fully saturated rings. The molecule has 0 radical (unpaired) electrons. The van der Waals surface area contributed by atoms with E-state index in [9.17, 15) is 9.59 Å². The van der Waals surface area contributed by atoms with Crippen LogP contribution in [0.2, 0.25) is 0 Å². The molecule has 2 unspecified atom stereocenters. The topological polar surface area (TPSA) is 63.9 Å². The van der Waals surface area contributed by atoms with Gasteiger partial charge in [-0.1, -0.05) is 26.8 Å². The Balaban J connectivity index is 1.75. The molecule has 4 rings (SSSR count). The number of hydrogen-bond acceptors (Lipinski definition) is 5. The van der Waals surface area contributed by atoms with Gasteiger partial charge in [-0.05, 0) is 50.3 Å². The first kappa shape index (κ1) is 20.0. The van der Waals surface area contributed by atoms with E-state index in [1.54, 1.807) is 24.4 Å².